The van der Waals surface area contributed by atoms with Crippen LogP contribution in [0.3, 0.4) is 0 Å². The second-order valence-corrected chi connectivity index (χ2v) is 5.36. The smallest absolute Gasteiger partial charge is 0.332 e. The number of amides is 1. The minimum Gasteiger partial charge on any atom is -0.427 e. The molecule has 1 atom stereocenters. The van der Waals surface area contributed by atoms with Crippen LogP contribution < -0.4 is 11.1 Å². The van der Waals surface area contributed by atoms with Crippen LogP contribution in [0.1, 0.15) is 27.7 Å². The highest BCUT2D eigenvalue weighted by Crippen LogP contribution is 2.25. The molecule has 0 saturated carbocycles. The summed E-state index contributed by atoms with van der Waals surface area (Å²) in [5.41, 5.74) is 4.24. The van der Waals surface area contributed by atoms with Gasteiger partial charge in [0.1, 0.15) is 6.04 Å². The van der Waals surface area contributed by atoms with Gasteiger partial charge in [0.25, 0.3) is 0 Å². The summed E-state index contributed by atoms with van der Waals surface area (Å²) in [5.74, 6) is -0.431. The fourth-order valence-corrected chi connectivity index (χ4v) is 1.11. The highest BCUT2D eigenvalue weighted by molar-refractivity contribution is 6.39. The Morgan fingerprint density at radius 3 is 2.50 bits per heavy atom. The molecule has 0 aromatic rings. The summed E-state index contributed by atoms with van der Waals surface area (Å²) in [4.78, 5) is 10.9. The topological polar surface area (TPSA) is 84.6 Å². The van der Waals surface area contributed by atoms with Crippen molar-refractivity contribution in [1.82, 2.24) is 5.32 Å². The summed E-state index contributed by atoms with van der Waals surface area (Å²) in [6.45, 7) is 6.98. The minimum absolute atomic E-state index is 0.431. The van der Waals surface area contributed by atoms with E-state index in [0.29, 0.717) is 0 Å². The average molecular weight is 251 g/mol. The number of hydrogen-bond acceptors (Lipinski definition) is 4. The highest BCUT2D eigenvalue weighted by Gasteiger charge is 2.35. The Balaban J connectivity index is 2.53. The number of nitrogens with two attached hydrogens (primary N) is 1. The third-order valence-electron chi connectivity index (χ3n) is 3.18. The summed E-state index contributed by atoms with van der Waals surface area (Å²) in [7, 11) is 1.54. The second kappa shape index (κ2) is 5.16. The number of dihydropyridines is 1. The molecule has 0 spiro atoms. The molecule has 0 bridgehead atoms. The molecule has 99 valence electrons. The van der Waals surface area contributed by atoms with E-state index in [9.17, 15) is 9.90 Å². The molecule has 0 aromatic carbocycles. The molecule has 1 radical (unpaired) electrons. The van der Waals surface area contributed by atoms with E-state index in [1.807, 2.05) is 0 Å². The lowest BCUT2D eigenvalue weighted by Gasteiger charge is -2.37. The Morgan fingerprint density at radius 2 is 2.11 bits per heavy atom. The van der Waals surface area contributed by atoms with E-state index >= 15 is 0 Å². The number of allylic oxidation sites excluding steroid dienone is 2. The first kappa shape index (κ1) is 14.8. The first-order valence-corrected chi connectivity index (χ1v) is 5.80. The van der Waals surface area contributed by atoms with Gasteiger partial charge in [-0.15, -0.1) is 0 Å². The van der Waals surface area contributed by atoms with Gasteiger partial charge in [0.2, 0.25) is 5.91 Å². The normalized spacial score (nSPS) is 20.1. The van der Waals surface area contributed by atoms with Crippen molar-refractivity contribution in [2.45, 2.75) is 44.9 Å². The number of aliphatic hydroxyl groups is 1. The van der Waals surface area contributed by atoms with Crippen molar-refractivity contribution < 1.29 is 14.6 Å². The Bertz CT molecular complexity index is 383. The molecule has 0 aliphatic carbocycles. The molecule has 5 nitrogen and oxygen atoms in total. The standard InChI is InChI=1S/C12H20BN2O3/c1-11(2,17)12(3,4)18-13-8-5-6-9(10(14)16)15-7-8/h5-7,9,15,17H,1-4H3,(H2,14,16). The largest absolute Gasteiger partial charge is 0.427 e. The van der Waals surface area contributed by atoms with Gasteiger partial charge in [0.15, 0.2) is 0 Å². The Hall–Kier alpha value is -1.27. The summed E-state index contributed by atoms with van der Waals surface area (Å²) in [6.07, 6.45) is 5.05. The number of rotatable bonds is 5. The molecule has 6 heteroatoms. The first-order valence-electron chi connectivity index (χ1n) is 5.80. The van der Waals surface area contributed by atoms with Gasteiger partial charge in [-0.1, -0.05) is 12.2 Å². The molecule has 4 N–H and O–H groups in total. The van der Waals surface area contributed by atoms with E-state index in [2.05, 4.69) is 5.32 Å². The van der Waals surface area contributed by atoms with Crippen molar-refractivity contribution in [2.24, 2.45) is 5.73 Å². The third kappa shape index (κ3) is 3.61. The van der Waals surface area contributed by atoms with E-state index in [1.165, 1.54) is 0 Å². The zero-order valence-corrected chi connectivity index (χ0v) is 11.2. The maximum absolute atomic E-state index is 10.9. The lowest BCUT2D eigenvalue weighted by atomic mass is 9.81. The zero-order valence-electron chi connectivity index (χ0n) is 11.2. The van der Waals surface area contributed by atoms with E-state index < -0.39 is 23.2 Å². The van der Waals surface area contributed by atoms with E-state index in [-0.39, 0.29) is 0 Å². The molecule has 1 aliphatic heterocycles. The first-order chi connectivity index (χ1) is 8.13. The molecule has 1 unspecified atom stereocenters. The van der Waals surface area contributed by atoms with E-state index in [0.717, 1.165) is 5.47 Å². The van der Waals surface area contributed by atoms with Crippen LogP contribution in [-0.4, -0.2) is 35.7 Å². The average Bonchev–Trinajstić information content (AvgIpc) is 2.25. The summed E-state index contributed by atoms with van der Waals surface area (Å²) < 4.78 is 5.58. The zero-order chi connectivity index (χ0) is 14.0. The van der Waals surface area contributed by atoms with Crippen LogP contribution in [-0.2, 0) is 9.45 Å². The number of nitrogens with one attached hydrogen (secondary N) is 1. The minimum atomic E-state index is -0.967. The highest BCUT2D eigenvalue weighted by atomic mass is 16.5. The fourth-order valence-electron chi connectivity index (χ4n) is 1.11. The molecular formula is C12H20BN2O3. The van der Waals surface area contributed by atoms with Gasteiger partial charge in [0, 0.05) is 0 Å². The number of carbonyl (C=O) groups excluding carboxylic acids is 1. The predicted molar refractivity (Wildman–Crippen MR) is 70.6 cm³/mol. The van der Waals surface area contributed by atoms with Crippen LogP contribution in [0.2, 0.25) is 0 Å². The second-order valence-electron chi connectivity index (χ2n) is 5.36. The van der Waals surface area contributed by atoms with Crippen molar-refractivity contribution in [3.8, 4) is 0 Å². The van der Waals surface area contributed by atoms with Crippen molar-refractivity contribution in [2.75, 3.05) is 0 Å². The van der Waals surface area contributed by atoms with Crippen LogP contribution in [0, 0.1) is 0 Å². The quantitative estimate of drug-likeness (QED) is 0.602. The van der Waals surface area contributed by atoms with Gasteiger partial charge >= 0.3 is 7.48 Å². The Kier molecular flexibility index (Phi) is 4.24. The van der Waals surface area contributed by atoms with Crippen molar-refractivity contribution in [1.29, 1.82) is 0 Å². The predicted octanol–water partition coefficient (Wildman–Crippen LogP) is 0.0264. The fraction of sp³-hybridized carbons (Fsp3) is 0.583. The van der Waals surface area contributed by atoms with E-state index in [1.54, 1.807) is 53.5 Å². The van der Waals surface area contributed by atoms with Crippen LogP contribution in [0.4, 0.5) is 0 Å². The molecular weight excluding hydrogens is 231 g/mol. The molecule has 1 aliphatic rings. The maximum atomic E-state index is 10.9. The summed E-state index contributed by atoms with van der Waals surface area (Å²) in [5, 5.41) is 12.8. The van der Waals surface area contributed by atoms with Crippen molar-refractivity contribution >= 4 is 13.4 Å². The molecule has 1 heterocycles. The molecule has 0 saturated heterocycles. The molecule has 1 rings (SSSR count). The van der Waals surface area contributed by atoms with Crippen molar-refractivity contribution in [3.05, 3.63) is 23.8 Å². The van der Waals surface area contributed by atoms with Gasteiger partial charge in [-0.3, -0.25) is 4.79 Å². The van der Waals surface area contributed by atoms with Crippen LogP contribution in [0.5, 0.6) is 0 Å². The number of primary amides is 1. The molecule has 0 fully saturated rings. The molecule has 1 amide bonds. The Labute approximate surface area is 108 Å². The van der Waals surface area contributed by atoms with Crippen LogP contribution >= 0.6 is 0 Å². The molecule has 0 aromatic heterocycles. The van der Waals surface area contributed by atoms with Crippen LogP contribution in [0.25, 0.3) is 0 Å². The maximum Gasteiger partial charge on any atom is 0.332 e. The lowest BCUT2D eigenvalue weighted by molar-refractivity contribution is -0.118. The van der Waals surface area contributed by atoms with Gasteiger partial charge in [-0.2, -0.15) is 0 Å². The van der Waals surface area contributed by atoms with Gasteiger partial charge in [-0.05, 0) is 39.4 Å². The van der Waals surface area contributed by atoms with Gasteiger partial charge in [-0.25, -0.2) is 0 Å². The summed E-state index contributed by atoms with van der Waals surface area (Å²) >= 11 is 0. The SMILES string of the molecule is CC(C)(O)C(C)(C)O[B]C1=CNC(C(N)=O)C=C1. The monoisotopic (exact) mass is 251 g/mol. The number of carbonyl (C=O) groups is 1. The van der Waals surface area contributed by atoms with Crippen molar-refractivity contribution in [3.63, 3.8) is 0 Å². The summed E-state index contributed by atoms with van der Waals surface area (Å²) in [6, 6.07) is -0.482. The molecule has 18 heavy (non-hydrogen) atoms. The van der Waals surface area contributed by atoms with Gasteiger partial charge in [0.05, 0.1) is 11.2 Å². The number of hydrogen-bond donors (Lipinski definition) is 3. The lowest BCUT2D eigenvalue weighted by Crippen LogP contribution is -2.48. The third-order valence-corrected chi connectivity index (χ3v) is 3.18. The Morgan fingerprint density at radius 1 is 1.50 bits per heavy atom. The van der Waals surface area contributed by atoms with Crippen LogP contribution in [0.15, 0.2) is 23.8 Å². The van der Waals surface area contributed by atoms with Gasteiger partial charge < -0.3 is 20.8 Å². The van der Waals surface area contributed by atoms with E-state index in [4.69, 9.17) is 10.4 Å².